The van der Waals surface area contributed by atoms with Crippen molar-refractivity contribution in [2.45, 2.75) is 85.4 Å². The number of fused-ring (bicyclic) bond motifs is 1. The largest absolute Gasteiger partial charge is 0.462 e. The highest BCUT2D eigenvalue weighted by molar-refractivity contribution is 6.32. The Labute approximate surface area is 253 Å². The molecule has 2 heterocycles. The maximum atomic E-state index is 14.8. The molecular formula is C30H39ClFN5O4Si. The van der Waals surface area contributed by atoms with Crippen LogP contribution in [0.15, 0.2) is 40.4 Å². The van der Waals surface area contributed by atoms with Crippen LogP contribution in [0.25, 0.3) is 21.5 Å². The zero-order valence-corrected chi connectivity index (χ0v) is 27.9. The lowest BCUT2D eigenvalue weighted by molar-refractivity contribution is -0.00176. The van der Waals surface area contributed by atoms with Crippen molar-refractivity contribution < 1.29 is 18.3 Å². The number of hydrogen-bond acceptors (Lipinski definition) is 6. The smallest absolute Gasteiger partial charge is 0.343 e. The second-order valence-electron chi connectivity index (χ2n) is 13.1. The molecule has 0 aliphatic carbocycles. The molecule has 0 amide bonds. The first-order chi connectivity index (χ1) is 19.4. The van der Waals surface area contributed by atoms with Gasteiger partial charge in [0, 0.05) is 17.5 Å². The van der Waals surface area contributed by atoms with Crippen molar-refractivity contribution in [1.82, 2.24) is 9.55 Å². The van der Waals surface area contributed by atoms with Gasteiger partial charge in [-0.3, -0.25) is 4.79 Å². The average molecular weight is 616 g/mol. The first-order valence-electron chi connectivity index (χ1n) is 13.8. The van der Waals surface area contributed by atoms with Crippen molar-refractivity contribution in [3.8, 4) is 0 Å². The zero-order chi connectivity index (χ0) is 31.6. The molecule has 2 aromatic heterocycles. The summed E-state index contributed by atoms with van der Waals surface area (Å²) in [5, 5.41) is 3.85. The maximum Gasteiger partial charge on any atom is 0.343 e. The van der Waals surface area contributed by atoms with Gasteiger partial charge in [-0.15, -0.1) is 0 Å². The highest BCUT2D eigenvalue weighted by Crippen LogP contribution is 2.43. The molecular weight excluding hydrogens is 577 g/mol. The Kier molecular flexibility index (Phi) is 9.94. The predicted molar refractivity (Wildman–Crippen MR) is 167 cm³/mol. The van der Waals surface area contributed by atoms with Crippen molar-refractivity contribution in [2.75, 3.05) is 6.61 Å². The van der Waals surface area contributed by atoms with Crippen molar-refractivity contribution in [1.29, 1.82) is 0 Å². The molecule has 0 saturated heterocycles. The van der Waals surface area contributed by atoms with Gasteiger partial charge >= 0.3 is 5.97 Å². The number of hydrogen-bond donors (Lipinski definition) is 0. The van der Waals surface area contributed by atoms with E-state index in [0.29, 0.717) is 5.56 Å². The average Bonchev–Trinajstić information content (AvgIpc) is 2.87. The van der Waals surface area contributed by atoms with Crippen LogP contribution in [-0.4, -0.2) is 37.5 Å². The highest BCUT2D eigenvalue weighted by atomic mass is 35.5. The number of carbonyl (C=O) groups excluding carboxylic acids is 1. The van der Waals surface area contributed by atoms with Gasteiger partial charge in [0.2, 0.25) is 5.43 Å². The predicted octanol–water partition coefficient (Wildman–Crippen LogP) is 7.58. The fraction of sp³-hybridized carbons (Fsp3) is 0.500. The molecule has 3 aromatic rings. The van der Waals surface area contributed by atoms with Gasteiger partial charge in [0.25, 0.3) is 0 Å². The Bertz CT molecular complexity index is 1600. The second-order valence-corrected chi connectivity index (χ2v) is 16.2. The third kappa shape index (κ3) is 7.39. The molecule has 226 valence electrons. The first-order valence-corrected chi connectivity index (χ1v) is 15.5. The molecule has 9 nitrogen and oxygen atoms in total. The quantitative estimate of drug-likeness (QED) is 0.0808. The number of pyridine rings is 2. The number of carbonyl (C=O) groups is 1. The lowest BCUT2D eigenvalue weighted by Crippen LogP contribution is -2.46. The van der Waals surface area contributed by atoms with E-state index in [2.05, 4.69) is 35.8 Å². The van der Waals surface area contributed by atoms with Crippen LogP contribution < -0.4 is 5.43 Å². The molecule has 1 atom stereocenters. The van der Waals surface area contributed by atoms with E-state index in [1.165, 1.54) is 18.3 Å². The first kappa shape index (κ1) is 33.3. The molecule has 0 fully saturated rings. The van der Waals surface area contributed by atoms with Crippen molar-refractivity contribution in [3.05, 3.63) is 78.7 Å². The zero-order valence-electron chi connectivity index (χ0n) is 25.7. The summed E-state index contributed by atoms with van der Waals surface area (Å²) in [4.78, 5) is 34.5. The van der Waals surface area contributed by atoms with Gasteiger partial charge in [-0.1, -0.05) is 65.3 Å². The molecule has 0 radical (unpaired) electrons. The number of aromatic nitrogens is 2. The third-order valence-electron chi connectivity index (χ3n) is 6.74. The van der Waals surface area contributed by atoms with Crippen LogP contribution >= 0.6 is 11.6 Å². The Morgan fingerprint density at radius 1 is 1.19 bits per heavy atom. The molecule has 0 bridgehead atoms. The van der Waals surface area contributed by atoms with Crippen LogP contribution in [0.4, 0.5) is 10.2 Å². The normalized spacial score (nSPS) is 13.4. The standard InChI is InChI=1S/C30H39ClFN5O4Si/c1-10-40-26(39)20-16-37(27(28(2,3)4)30(8,9)41-42-29(5,6)7)25-19(23(20)38)15-18(24(34-25)35-36-33)14-17-12-11-13-21(31)22(17)32/h11-13,15-16,27H,10,14,42H2,1-9H3/t27-/m0/s1. The maximum absolute atomic E-state index is 14.8. The van der Waals surface area contributed by atoms with E-state index in [9.17, 15) is 19.5 Å². The van der Waals surface area contributed by atoms with Gasteiger partial charge in [-0.25, -0.2) is 14.2 Å². The van der Waals surface area contributed by atoms with Crippen molar-refractivity contribution in [3.63, 3.8) is 0 Å². The van der Waals surface area contributed by atoms with Gasteiger partial charge in [-0.2, -0.15) is 0 Å². The van der Waals surface area contributed by atoms with Gasteiger partial charge in [-0.05, 0) is 65.1 Å². The van der Waals surface area contributed by atoms with Crippen molar-refractivity contribution >= 4 is 44.2 Å². The summed E-state index contributed by atoms with van der Waals surface area (Å²) >= 11 is 6.00. The number of ether oxygens (including phenoxy) is 1. The van der Waals surface area contributed by atoms with Crippen LogP contribution in [0.3, 0.4) is 0 Å². The number of esters is 1. The van der Waals surface area contributed by atoms with Gasteiger partial charge in [0.1, 0.15) is 22.8 Å². The monoisotopic (exact) mass is 615 g/mol. The Hall–Kier alpha value is -3.24. The molecule has 0 saturated carbocycles. The lowest BCUT2D eigenvalue weighted by atomic mass is 9.77. The summed E-state index contributed by atoms with van der Waals surface area (Å²) in [6, 6.07) is 5.65. The van der Waals surface area contributed by atoms with E-state index < -0.39 is 44.0 Å². The van der Waals surface area contributed by atoms with Gasteiger partial charge in [0.15, 0.2) is 9.76 Å². The Morgan fingerprint density at radius 3 is 2.43 bits per heavy atom. The van der Waals surface area contributed by atoms with E-state index in [4.69, 9.17) is 20.8 Å². The van der Waals surface area contributed by atoms with Gasteiger partial charge < -0.3 is 13.7 Å². The van der Waals surface area contributed by atoms with E-state index in [1.807, 2.05) is 34.6 Å². The molecule has 1 aromatic carbocycles. The van der Waals surface area contributed by atoms with Crippen LogP contribution in [0, 0.1) is 11.2 Å². The van der Waals surface area contributed by atoms with Gasteiger partial charge in [0.05, 0.1) is 28.7 Å². The summed E-state index contributed by atoms with van der Waals surface area (Å²) < 4.78 is 28.5. The second kappa shape index (κ2) is 12.5. The molecule has 0 unspecified atom stereocenters. The van der Waals surface area contributed by atoms with Crippen LogP contribution in [0.1, 0.15) is 89.8 Å². The fourth-order valence-electron chi connectivity index (χ4n) is 5.28. The van der Waals surface area contributed by atoms with E-state index >= 15 is 0 Å². The number of halogens is 2. The molecule has 0 aliphatic rings. The summed E-state index contributed by atoms with van der Waals surface area (Å²) in [6.07, 6.45) is 1.41. The van der Waals surface area contributed by atoms with E-state index in [-0.39, 0.29) is 51.1 Å². The van der Waals surface area contributed by atoms with E-state index in [0.717, 1.165) is 0 Å². The SMILES string of the molecule is CCOC(=O)c1cn([C@@H](C(C)(C)C)C(C)(C)O[SiH2]C(C)(C)C)c2nc(N=[N+]=[N-])c(Cc3cccc(Cl)c3F)cc2c1=O. The molecule has 0 spiro atoms. The van der Waals surface area contributed by atoms with Crippen LogP contribution in [0.2, 0.25) is 10.1 Å². The number of rotatable bonds is 9. The van der Waals surface area contributed by atoms with Crippen LogP contribution in [-0.2, 0) is 15.6 Å². The minimum absolute atomic E-state index is 0.0127. The van der Waals surface area contributed by atoms with Crippen molar-refractivity contribution in [2.24, 2.45) is 10.5 Å². The lowest BCUT2D eigenvalue weighted by Gasteiger charge is -2.45. The van der Waals surface area contributed by atoms with Crippen LogP contribution in [0.5, 0.6) is 0 Å². The van der Waals surface area contributed by atoms with E-state index in [1.54, 1.807) is 23.6 Å². The number of nitrogens with zero attached hydrogens (tertiary/aromatic N) is 5. The molecule has 42 heavy (non-hydrogen) atoms. The Balaban J connectivity index is 2.43. The highest BCUT2D eigenvalue weighted by Gasteiger charge is 2.42. The molecule has 12 heteroatoms. The summed E-state index contributed by atoms with van der Waals surface area (Å²) in [5.41, 5.74) is 8.14. The minimum atomic E-state index is -1.02. The fourth-order valence-corrected chi connectivity index (χ4v) is 6.44. The number of azide groups is 1. The molecule has 3 rings (SSSR count). The minimum Gasteiger partial charge on any atom is -0.462 e. The molecule has 0 aliphatic heterocycles. The summed E-state index contributed by atoms with van der Waals surface area (Å²) in [5.74, 6) is -1.41. The topological polar surface area (TPSA) is 119 Å². The summed E-state index contributed by atoms with van der Waals surface area (Å²) in [7, 11) is -1.02. The number of benzene rings is 1. The molecule has 0 N–H and O–H groups in total. The Morgan fingerprint density at radius 2 is 1.86 bits per heavy atom. The summed E-state index contributed by atoms with van der Waals surface area (Å²) in [6.45, 7) is 18.2. The third-order valence-corrected chi connectivity index (χ3v) is 8.79.